The molecule has 76 valence electrons. The summed E-state index contributed by atoms with van der Waals surface area (Å²) in [5, 5.41) is 3.54. The summed E-state index contributed by atoms with van der Waals surface area (Å²) in [6, 6.07) is 0. The van der Waals surface area contributed by atoms with E-state index in [9.17, 15) is 4.79 Å². The molecule has 0 aliphatic carbocycles. The van der Waals surface area contributed by atoms with Gasteiger partial charge < -0.3 is 10.1 Å². The number of carbonyl (C=O) groups excluding carboxylic acids is 1. The quantitative estimate of drug-likeness (QED) is 0.692. The molecule has 3 nitrogen and oxygen atoms in total. The van der Waals surface area contributed by atoms with Gasteiger partial charge in [0.05, 0.1) is 12.5 Å². The SMILES string of the molecule is C=C(Cl)CNCC(C)(C)C(=O)OC. The van der Waals surface area contributed by atoms with Crippen molar-refractivity contribution >= 4 is 17.6 Å². The summed E-state index contributed by atoms with van der Waals surface area (Å²) in [7, 11) is 1.38. The third-order valence-electron chi connectivity index (χ3n) is 1.62. The molecule has 0 amide bonds. The van der Waals surface area contributed by atoms with Crippen molar-refractivity contribution in [3.63, 3.8) is 0 Å². The molecule has 0 saturated carbocycles. The summed E-state index contributed by atoms with van der Waals surface area (Å²) in [6.07, 6.45) is 0. The van der Waals surface area contributed by atoms with Gasteiger partial charge in [-0.15, -0.1) is 0 Å². The minimum absolute atomic E-state index is 0.236. The highest BCUT2D eigenvalue weighted by Gasteiger charge is 2.27. The maximum atomic E-state index is 11.2. The van der Waals surface area contributed by atoms with Crippen molar-refractivity contribution in [1.82, 2.24) is 5.32 Å². The second-order valence-corrected chi connectivity index (χ2v) is 4.03. The number of halogens is 1. The maximum absolute atomic E-state index is 11.2. The number of hydrogen-bond acceptors (Lipinski definition) is 3. The molecular formula is C9H16ClNO2. The Bertz CT molecular complexity index is 202. The average Bonchev–Trinajstić information content (AvgIpc) is 2.01. The van der Waals surface area contributed by atoms with Crippen molar-refractivity contribution < 1.29 is 9.53 Å². The highest BCUT2D eigenvalue weighted by Crippen LogP contribution is 2.15. The van der Waals surface area contributed by atoms with Crippen LogP contribution in [0.25, 0.3) is 0 Å². The molecule has 0 rings (SSSR count). The lowest BCUT2D eigenvalue weighted by Gasteiger charge is -2.21. The number of rotatable bonds is 5. The van der Waals surface area contributed by atoms with Gasteiger partial charge in [0.15, 0.2) is 0 Å². The predicted molar refractivity (Wildman–Crippen MR) is 53.7 cm³/mol. The molecule has 0 heterocycles. The fourth-order valence-electron chi connectivity index (χ4n) is 0.859. The van der Waals surface area contributed by atoms with Crippen LogP contribution in [0.2, 0.25) is 0 Å². The Balaban J connectivity index is 3.89. The first-order valence-corrected chi connectivity index (χ1v) is 4.40. The number of esters is 1. The van der Waals surface area contributed by atoms with Crippen LogP contribution < -0.4 is 5.32 Å². The second kappa shape index (κ2) is 5.25. The second-order valence-electron chi connectivity index (χ2n) is 3.50. The van der Waals surface area contributed by atoms with E-state index < -0.39 is 5.41 Å². The summed E-state index contributed by atoms with van der Waals surface area (Å²) >= 11 is 5.55. The summed E-state index contributed by atoms with van der Waals surface area (Å²) in [5.74, 6) is -0.236. The lowest BCUT2D eigenvalue weighted by Crippen LogP contribution is -2.37. The molecular weight excluding hydrogens is 190 g/mol. The summed E-state index contributed by atoms with van der Waals surface area (Å²) in [6.45, 7) is 8.16. The molecule has 0 unspecified atom stereocenters. The van der Waals surface area contributed by atoms with E-state index in [4.69, 9.17) is 11.6 Å². The lowest BCUT2D eigenvalue weighted by molar-refractivity contribution is -0.150. The molecule has 13 heavy (non-hydrogen) atoms. The van der Waals surface area contributed by atoms with E-state index in [1.807, 2.05) is 13.8 Å². The fraction of sp³-hybridized carbons (Fsp3) is 0.667. The van der Waals surface area contributed by atoms with Gasteiger partial charge in [-0.3, -0.25) is 4.79 Å². The largest absolute Gasteiger partial charge is 0.469 e. The summed E-state index contributed by atoms with van der Waals surface area (Å²) < 4.78 is 4.64. The molecule has 0 aromatic rings. The van der Waals surface area contributed by atoms with Crippen molar-refractivity contribution in [1.29, 1.82) is 0 Å². The zero-order chi connectivity index (χ0) is 10.5. The van der Waals surface area contributed by atoms with Crippen LogP contribution in [-0.2, 0) is 9.53 Å². The van der Waals surface area contributed by atoms with E-state index in [1.165, 1.54) is 7.11 Å². The average molecular weight is 206 g/mol. The van der Waals surface area contributed by atoms with Gasteiger partial charge in [-0.1, -0.05) is 18.2 Å². The molecule has 0 radical (unpaired) electrons. The van der Waals surface area contributed by atoms with Crippen LogP contribution in [0.15, 0.2) is 11.6 Å². The van der Waals surface area contributed by atoms with E-state index in [0.717, 1.165) is 0 Å². The minimum Gasteiger partial charge on any atom is -0.469 e. The molecule has 0 spiro atoms. The first-order valence-electron chi connectivity index (χ1n) is 4.02. The molecule has 0 aliphatic heterocycles. The highest BCUT2D eigenvalue weighted by molar-refractivity contribution is 6.29. The first-order chi connectivity index (χ1) is 5.90. The number of hydrogen-bond donors (Lipinski definition) is 1. The fourth-order valence-corrected chi connectivity index (χ4v) is 0.954. The Morgan fingerprint density at radius 2 is 2.15 bits per heavy atom. The van der Waals surface area contributed by atoms with Gasteiger partial charge in [-0.25, -0.2) is 0 Å². The third-order valence-corrected chi connectivity index (χ3v) is 1.76. The Kier molecular flexibility index (Phi) is 5.03. The van der Waals surface area contributed by atoms with Gasteiger partial charge in [0.2, 0.25) is 0 Å². The van der Waals surface area contributed by atoms with Gasteiger partial charge in [0.25, 0.3) is 0 Å². The topological polar surface area (TPSA) is 38.3 Å². The molecule has 0 atom stereocenters. The molecule has 0 saturated heterocycles. The van der Waals surface area contributed by atoms with E-state index in [-0.39, 0.29) is 5.97 Å². The highest BCUT2D eigenvalue weighted by atomic mass is 35.5. The van der Waals surface area contributed by atoms with E-state index in [1.54, 1.807) is 0 Å². The smallest absolute Gasteiger partial charge is 0.312 e. The van der Waals surface area contributed by atoms with Crippen molar-refractivity contribution in [2.45, 2.75) is 13.8 Å². The van der Waals surface area contributed by atoms with Crippen LogP contribution in [-0.4, -0.2) is 26.2 Å². The zero-order valence-electron chi connectivity index (χ0n) is 8.32. The number of ether oxygens (including phenoxy) is 1. The van der Waals surface area contributed by atoms with Gasteiger partial charge in [0.1, 0.15) is 0 Å². The zero-order valence-corrected chi connectivity index (χ0v) is 9.07. The van der Waals surface area contributed by atoms with E-state index >= 15 is 0 Å². The van der Waals surface area contributed by atoms with E-state index in [0.29, 0.717) is 18.1 Å². The molecule has 0 aromatic carbocycles. The van der Waals surface area contributed by atoms with Gasteiger partial charge >= 0.3 is 5.97 Å². The summed E-state index contributed by atoms with van der Waals surface area (Å²) in [4.78, 5) is 11.2. The monoisotopic (exact) mass is 205 g/mol. The molecule has 0 aromatic heterocycles. The predicted octanol–water partition coefficient (Wildman–Crippen LogP) is 1.53. The van der Waals surface area contributed by atoms with Gasteiger partial charge in [-0.2, -0.15) is 0 Å². The van der Waals surface area contributed by atoms with Crippen molar-refractivity contribution in [2.75, 3.05) is 20.2 Å². The molecule has 0 fully saturated rings. The molecule has 4 heteroatoms. The Morgan fingerprint density at radius 1 is 1.62 bits per heavy atom. The van der Waals surface area contributed by atoms with Crippen molar-refractivity contribution in [3.8, 4) is 0 Å². The number of carbonyl (C=O) groups is 1. The van der Waals surface area contributed by atoms with Gasteiger partial charge in [-0.05, 0) is 13.8 Å². The van der Waals surface area contributed by atoms with Gasteiger partial charge in [0, 0.05) is 18.1 Å². The standard InChI is InChI=1S/C9H16ClNO2/c1-7(10)5-11-6-9(2,3)8(12)13-4/h11H,1,5-6H2,2-4H3. The molecule has 1 N–H and O–H groups in total. The lowest BCUT2D eigenvalue weighted by atomic mass is 9.94. The van der Waals surface area contributed by atoms with Crippen LogP contribution in [0, 0.1) is 5.41 Å². The van der Waals surface area contributed by atoms with E-state index in [2.05, 4.69) is 16.6 Å². The summed E-state index contributed by atoms with van der Waals surface area (Å²) in [5.41, 5.74) is -0.527. The van der Waals surface area contributed by atoms with Crippen LogP contribution in [0.1, 0.15) is 13.8 Å². The Morgan fingerprint density at radius 3 is 2.54 bits per heavy atom. The Labute approximate surface area is 84.1 Å². The minimum atomic E-state index is -0.527. The number of methoxy groups -OCH3 is 1. The number of nitrogens with one attached hydrogen (secondary N) is 1. The maximum Gasteiger partial charge on any atom is 0.312 e. The first kappa shape index (κ1) is 12.5. The van der Waals surface area contributed by atoms with Crippen LogP contribution >= 0.6 is 11.6 Å². The normalized spacial score (nSPS) is 11.1. The Hall–Kier alpha value is -0.540. The third kappa shape index (κ3) is 4.90. The van der Waals surface area contributed by atoms with Crippen LogP contribution in [0.3, 0.4) is 0 Å². The van der Waals surface area contributed by atoms with Crippen molar-refractivity contribution in [2.24, 2.45) is 5.41 Å². The van der Waals surface area contributed by atoms with Crippen LogP contribution in [0.5, 0.6) is 0 Å². The van der Waals surface area contributed by atoms with Crippen molar-refractivity contribution in [3.05, 3.63) is 11.6 Å². The molecule has 0 bridgehead atoms. The molecule has 0 aliphatic rings. The van der Waals surface area contributed by atoms with Crippen LogP contribution in [0.4, 0.5) is 0 Å².